The Labute approximate surface area is 142 Å². The summed E-state index contributed by atoms with van der Waals surface area (Å²) in [6.45, 7) is 0. The molecule has 2 aromatic carbocycles. The van der Waals surface area contributed by atoms with Gasteiger partial charge in [0, 0.05) is 5.39 Å². The number of ether oxygens (including phenoxy) is 1. The van der Waals surface area contributed by atoms with Gasteiger partial charge in [0.25, 0.3) is 5.91 Å². The van der Waals surface area contributed by atoms with Crippen molar-refractivity contribution in [2.45, 2.75) is 0 Å². The lowest BCUT2D eigenvalue weighted by Crippen LogP contribution is -2.24. The van der Waals surface area contributed by atoms with E-state index in [2.05, 4.69) is 10.5 Å². The van der Waals surface area contributed by atoms with Crippen molar-refractivity contribution in [3.63, 3.8) is 0 Å². The van der Waals surface area contributed by atoms with Gasteiger partial charge in [0.15, 0.2) is 11.5 Å². The second-order valence-corrected chi connectivity index (χ2v) is 5.12. The van der Waals surface area contributed by atoms with Crippen LogP contribution >= 0.6 is 0 Å². The number of benzene rings is 2. The third-order valence-corrected chi connectivity index (χ3v) is 3.47. The molecule has 3 rings (SSSR count). The predicted octanol–water partition coefficient (Wildman–Crippen LogP) is 2.27. The van der Waals surface area contributed by atoms with Crippen LogP contribution in [0.4, 0.5) is 0 Å². The Morgan fingerprint density at radius 1 is 1.24 bits per heavy atom. The Hall–Kier alpha value is -3.61. The molecule has 0 atom stereocenters. The van der Waals surface area contributed by atoms with Crippen LogP contribution in [0, 0.1) is 0 Å². The molecule has 1 aromatic heterocycles. The van der Waals surface area contributed by atoms with Crippen LogP contribution < -0.4 is 15.8 Å². The van der Waals surface area contributed by atoms with Gasteiger partial charge in [-0.3, -0.25) is 4.79 Å². The Balaban J connectivity index is 1.78. The molecule has 2 N–H and O–H groups in total. The van der Waals surface area contributed by atoms with Gasteiger partial charge in [0.05, 0.1) is 13.3 Å². The highest BCUT2D eigenvalue weighted by molar-refractivity contribution is 5.97. The third-order valence-electron chi connectivity index (χ3n) is 3.47. The summed E-state index contributed by atoms with van der Waals surface area (Å²) in [6, 6.07) is 12.9. The molecule has 0 aliphatic carbocycles. The number of carbonyl (C=O) groups is 1. The van der Waals surface area contributed by atoms with Crippen LogP contribution in [0.15, 0.2) is 62.8 Å². The quantitative estimate of drug-likeness (QED) is 0.432. The third kappa shape index (κ3) is 3.50. The number of nitrogens with zero attached hydrogens (tertiary/aromatic N) is 1. The molecule has 3 aromatic rings. The number of rotatable bonds is 4. The van der Waals surface area contributed by atoms with Crippen molar-refractivity contribution in [3.05, 3.63) is 70.1 Å². The maximum absolute atomic E-state index is 12.1. The summed E-state index contributed by atoms with van der Waals surface area (Å²) in [5.74, 6) is -0.399. The number of methoxy groups -OCH3 is 1. The van der Waals surface area contributed by atoms with Gasteiger partial charge < -0.3 is 14.3 Å². The summed E-state index contributed by atoms with van der Waals surface area (Å²) in [7, 11) is 1.43. The largest absolute Gasteiger partial charge is 0.504 e. The molecule has 126 valence electrons. The first kappa shape index (κ1) is 16.3. The van der Waals surface area contributed by atoms with Crippen LogP contribution in [0.25, 0.3) is 11.0 Å². The number of para-hydroxylation sites is 1. The van der Waals surface area contributed by atoms with Gasteiger partial charge >= 0.3 is 5.63 Å². The van der Waals surface area contributed by atoms with Crippen molar-refractivity contribution >= 4 is 23.1 Å². The number of nitrogens with one attached hydrogen (secondary N) is 1. The van der Waals surface area contributed by atoms with Crippen LogP contribution in [-0.4, -0.2) is 24.3 Å². The topological polar surface area (TPSA) is 101 Å². The fraction of sp³-hybridized carbons (Fsp3) is 0.0556. The van der Waals surface area contributed by atoms with Gasteiger partial charge in [-0.05, 0) is 35.9 Å². The number of fused-ring (bicyclic) bond motifs is 1. The van der Waals surface area contributed by atoms with E-state index in [1.807, 2.05) is 0 Å². The monoisotopic (exact) mass is 338 g/mol. The number of phenols is 1. The van der Waals surface area contributed by atoms with E-state index in [0.717, 1.165) is 0 Å². The van der Waals surface area contributed by atoms with Gasteiger partial charge in [-0.2, -0.15) is 5.10 Å². The smallest absolute Gasteiger partial charge is 0.349 e. The number of hydrogen-bond donors (Lipinski definition) is 2. The molecular weight excluding hydrogens is 324 g/mol. The van der Waals surface area contributed by atoms with Crippen LogP contribution in [0.5, 0.6) is 11.5 Å². The molecule has 0 aliphatic rings. The predicted molar refractivity (Wildman–Crippen MR) is 92.2 cm³/mol. The van der Waals surface area contributed by atoms with Crippen molar-refractivity contribution in [2.24, 2.45) is 5.10 Å². The van der Waals surface area contributed by atoms with E-state index in [0.29, 0.717) is 16.5 Å². The SMILES string of the molecule is COc1cc(/C=N/NC(=O)c2cc3ccccc3oc2=O)ccc1O. The van der Waals surface area contributed by atoms with Crippen LogP contribution in [0.2, 0.25) is 0 Å². The molecule has 0 aliphatic heterocycles. The van der Waals surface area contributed by atoms with E-state index >= 15 is 0 Å². The molecule has 25 heavy (non-hydrogen) atoms. The molecule has 7 heteroatoms. The lowest BCUT2D eigenvalue weighted by Gasteiger charge is -2.03. The minimum absolute atomic E-state index is 0.00235. The lowest BCUT2D eigenvalue weighted by molar-refractivity contribution is 0.0951. The number of hydrogen-bond acceptors (Lipinski definition) is 6. The second-order valence-electron chi connectivity index (χ2n) is 5.12. The van der Waals surface area contributed by atoms with Crippen LogP contribution in [0.3, 0.4) is 0 Å². The summed E-state index contributed by atoms with van der Waals surface area (Å²) in [6.07, 6.45) is 1.36. The molecule has 0 unspecified atom stereocenters. The number of phenolic OH excluding ortho intramolecular Hbond substituents is 1. The average molecular weight is 338 g/mol. The van der Waals surface area contributed by atoms with Crippen molar-refractivity contribution in [2.75, 3.05) is 7.11 Å². The number of carbonyl (C=O) groups excluding carboxylic acids is 1. The number of amides is 1. The molecule has 1 heterocycles. The van der Waals surface area contributed by atoms with Crippen molar-refractivity contribution in [1.82, 2.24) is 5.43 Å². The molecule has 0 radical (unpaired) electrons. The first-order valence-corrected chi connectivity index (χ1v) is 7.32. The van der Waals surface area contributed by atoms with E-state index in [9.17, 15) is 14.7 Å². The summed E-state index contributed by atoms with van der Waals surface area (Å²) in [5, 5.41) is 14.0. The summed E-state index contributed by atoms with van der Waals surface area (Å²) < 4.78 is 10.1. The van der Waals surface area contributed by atoms with Gasteiger partial charge in [0.2, 0.25) is 0 Å². The maximum atomic E-state index is 12.1. The molecule has 0 saturated carbocycles. The second kappa shape index (κ2) is 6.88. The maximum Gasteiger partial charge on any atom is 0.349 e. The molecule has 0 fully saturated rings. The molecule has 1 amide bonds. The minimum atomic E-state index is -0.738. The molecule has 0 spiro atoms. The Morgan fingerprint density at radius 3 is 2.84 bits per heavy atom. The van der Waals surface area contributed by atoms with E-state index in [4.69, 9.17) is 9.15 Å². The highest BCUT2D eigenvalue weighted by Crippen LogP contribution is 2.25. The zero-order valence-electron chi connectivity index (χ0n) is 13.2. The van der Waals surface area contributed by atoms with E-state index in [-0.39, 0.29) is 17.1 Å². The fourth-order valence-electron chi connectivity index (χ4n) is 2.22. The lowest BCUT2D eigenvalue weighted by atomic mass is 10.2. The first-order valence-electron chi connectivity index (χ1n) is 7.32. The van der Waals surface area contributed by atoms with Crippen molar-refractivity contribution in [1.29, 1.82) is 0 Å². The standard InChI is InChI=1S/C18H14N2O5/c1-24-16-8-11(6-7-14(16)21)10-19-20-17(22)13-9-12-4-2-3-5-15(12)25-18(13)23/h2-10,21H,1H3,(H,20,22)/b19-10+. The normalized spacial score (nSPS) is 10.9. The van der Waals surface area contributed by atoms with Gasteiger partial charge in [-0.25, -0.2) is 10.2 Å². The fourth-order valence-corrected chi connectivity index (χ4v) is 2.22. The molecule has 0 saturated heterocycles. The van der Waals surface area contributed by atoms with Gasteiger partial charge in [0.1, 0.15) is 11.1 Å². The molecule has 0 bridgehead atoms. The molecule has 7 nitrogen and oxygen atoms in total. The minimum Gasteiger partial charge on any atom is -0.504 e. The summed E-state index contributed by atoms with van der Waals surface area (Å²) in [5.41, 5.74) is 2.40. The number of hydrazone groups is 1. The van der Waals surface area contributed by atoms with Gasteiger partial charge in [-0.15, -0.1) is 0 Å². The zero-order valence-corrected chi connectivity index (χ0v) is 13.2. The van der Waals surface area contributed by atoms with E-state index < -0.39 is 11.5 Å². The highest BCUT2D eigenvalue weighted by atomic mass is 16.5. The number of aromatic hydroxyl groups is 1. The van der Waals surface area contributed by atoms with Gasteiger partial charge in [-0.1, -0.05) is 18.2 Å². The average Bonchev–Trinajstić information content (AvgIpc) is 2.62. The Morgan fingerprint density at radius 2 is 2.04 bits per heavy atom. The van der Waals surface area contributed by atoms with Crippen LogP contribution in [-0.2, 0) is 0 Å². The Bertz CT molecular complexity index is 1020. The first-order chi connectivity index (χ1) is 12.1. The summed E-state index contributed by atoms with van der Waals surface area (Å²) >= 11 is 0. The van der Waals surface area contributed by atoms with Crippen molar-refractivity contribution < 1.29 is 19.1 Å². The summed E-state index contributed by atoms with van der Waals surface area (Å²) in [4.78, 5) is 24.0. The highest BCUT2D eigenvalue weighted by Gasteiger charge is 2.12. The molecular formula is C18H14N2O5. The zero-order chi connectivity index (χ0) is 17.8. The Kier molecular flexibility index (Phi) is 4.47. The van der Waals surface area contributed by atoms with E-state index in [1.165, 1.54) is 25.5 Å². The van der Waals surface area contributed by atoms with Crippen LogP contribution in [0.1, 0.15) is 15.9 Å². The van der Waals surface area contributed by atoms with E-state index in [1.54, 1.807) is 36.4 Å². The van der Waals surface area contributed by atoms with Crippen molar-refractivity contribution in [3.8, 4) is 11.5 Å².